The maximum absolute atomic E-state index is 9.90. The van der Waals surface area contributed by atoms with Crippen LogP contribution in [0.4, 0.5) is 0 Å². The van der Waals surface area contributed by atoms with Crippen LogP contribution < -0.4 is 47.4 Å². The Balaban J connectivity index is 0.000000199. The minimum Gasteiger partial charge on any atom is -0.508 e. The van der Waals surface area contributed by atoms with Gasteiger partial charge in [0.2, 0.25) is 23.0 Å². The Morgan fingerprint density at radius 3 is 0.851 bits per heavy atom. The Morgan fingerprint density at radius 1 is 0.188 bits per heavy atom. The third-order valence-corrected chi connectivity index (χ3v) is 15.8. The first-order chi connectivity index (χ1) is 48.6. The van der Waals surface area contributed by atoms with Crippen molar-refractivity contribution in [2.75, 3.05) is 71.1 Å². The number of ether oxygens (including phenoxy) is 10. The molecule has 536 valence electrons. The maximum Gasteiger partial charge on any atom is 0.203 e. The van der Waals surface area contributed by atoms with E-state index >= 15 is 0 Å². The van der Waals surface area contributed by atoms with E-state index < -0.39 is 0 Å². The number of hydrogen-bond donors (Lipinski definition) is 11. The molecule has 0 aliphatic heterocycles. The highest BCUT2D eigenvalue weighted by atomic mass is 16.5. The summed E-state index contributed by atoms with van der Waals surface area (Å²) in [5.74, 6) is 5.50. The fourth-order valence-electron chi connectivity index (χ4n) is 10.6. The largest absolute Gasteiger partial charge is 0.508 e. The lowest BCUT2D eigenvalue weighted by Crippen LogP contribution is -1.98. The van der Waals surface area contributed by atoms with Gasteiger partial charge in [0.05, 0.1) is 71.1 Å². The van der Waals surface area contributed by atoms with E-state index in [-0.39, 0.29) is 69.0 Å². The van der Waals surface area contributed by atoms with Gasteiger partial charge in [-0.25, -0.2) is 0 Å². The van der Waals surface area contributed by atoms with E-state index in [1.54, 1.807) is 112 Å². The van der Waals surface area contributed by atoms with Crippen LogP contribution in [-0.4, -0.2) is 127 Å². The Morgan fingerprint density at radius 2 is 0.475 bits per heavy atom. The van der Waals surface area contributed by atoms with E-state index in [4.69, 9.17) is 52.5 Å². The molecule has 0 fully saturated rings. The van der Waals surface area contributed by atoms with Gasteiger partial charge in [-0.15, -0.1) is 0 Å². The number of methoxy groups -OCH3 is 10. The topological polar surface area (TPSA) is 315 Å². The van der Waals surface area contributed by atoms with Crippen molar-refractivity contribution in [3.63, 3.8) is 0 Å². The molecule has 0 aliphatic carbocycles. The van der Waals surface area contributed by atoms with E-state index in [2.05, 4.69) is 0 Å². The molecule has 101 heavy (non-hydrogen) atoms. The zero-order valence-corrected chi connectivity index (χ0v) is 58.3. The summed E-state index contributed by atoms with van der Waals surface area (Å²) in [5.41, 5.74) is 10.0. The molecule has 0 heterocycles. The van der Waals surface area contributed by atoms with Crippen LogP contribution in [0.15, 0.2) is 176 Å². The number of phenols is 11. The zero-order chi connectivity index (χ0) is 73.5. The van der Waals surface area contributed by atoms with Crippen molar-refractivity contribution in [1.82, 2.24) is 0 Å². The third-order valence-electron chi connectivity index (χ3n) is 15.8. The minimum absolute atomic E-state index is 0.0000488. The number of aromatic hydroxyl groups is 11. The molecular weight excluding hydrogens is 1300 g/mol. The third kappa shape index (κ3) is 23.9. The highest BCUT2D eigenvalue weighted by molar-refractivity contribution is 5.56. The van der Waals surface area contributed by atoms with Crippen molar-refractivity contribution in [2.45, 2.75) is 64.2 Å². The first-order valence-electron chi connectivity index (χ1n) is 31.9. The van der Waals surface area contributed by atoms with Gasteiger partial charge in [-0.05, 0) is 241 Å². The highest BCUT2D eigenvalue weighted by Crippen LogP contribution is 2.42. The molecule has 0 aliphatic rings. The summed E-state index contributed by atoms with van der Waals surface area (Å²) in [4.78, 5) is 0. The van der Waals surface area contributed by atoms with Crippen LogP contribution in [0, 0.1) is 0 Å². The second kappa shape index (κ2) is 39.4. The van der Waals surface area contributed by atoms with Crippen LogP contribution in [0.1, 0.15) is 55.6 Å². The van der Waals surface area contributed by atoms with Crippen LogP contribution in [-0.2, 0) is 64.2 Å². The molecule has 10 rings (SSSR count). The van der Waals surface area contributed by atoms with Gasteiger partial charge in [-0.2, -0.15) is 0 Å². The van der Waals surface area contributed by atoms with Gasteiger partial charge in [-0.1, -0.05) is 48.5 Å². The van der Waals surface area contributed by atoms with Gasteiger partial charge in [0.15, 0.2) is 69.0 Å². The van der Waals surface area contributed by atoms with Crippen LogP contribution in [0.3, 0.4) is 0 Å². The second-order valence-electron chi connectivity index (χ2n) is 22.8. The van der Waals surface area contributed by atoms with E-state index in [0.29, 0.717) is 58.2 Å². The van der Waals surface area contributed by atoms with Crippen LogP contribution >= 0.6 is 0 Å². The summed E-state index contributed by atoms with van der Waals surface area (Å²) in [6.07, 6.45) is 7.51. The van der Waals surface area contributed by atoms with Gasteiger partial charge in [-0.3, -0.25) is 0 Å². The monoisotopic (exact) mass is 1390 g/mol. The van der Waals surface area contributed by atoms with Crippen LogP contribution in [0.5, 0.6) is 121 Å². The Kier molecular flexibility index (Phi) is 30.4. The summed E-state index contributed by atoms with van der Waals surface area (Å²) in [5, 5.41) is 105. The smallest absolute Gasteiger partial charge is 0.203 e. The van der Waals surface area contributed by atoms with Crippen molar-refractivity contribution >= 4 is 0 Å². The standard InChI is InChI=1S/C18H22O5.C17H20O5.C16H18O4.C15H16O4.C14H14O3/c1-20-15-9-12(7-8-14(15)19)5-6-13-10-16(21-2)18(23-4)17(11-13)22-3;1-20-14-8-11(6-7-13(14)18)4-5-12-9-15(21-2)17(19)16(10-12)22-3;1-19-15-10-12(9-14(18)16(15)20-2)7-6-11-4-3-5-13(17)8-11;1-19-14-9-11(8-13(17)15(14)18)6-5-10-3-2-4-12(16)7-10;15-12-5-3-10(4-6-12)1-2-11-7-13(16)9-14(17)8-11/h7-11,19H,5-6H2,1-4H3;6-10,18-19H,4-5H2,1-3H3;3-5,8-10,17-18H,6-7H2,1-2H3;2-4,7-9,16-18H,5-6H2,1H3;3-9,15-17H,1-2H2. The van der Waals surface area contributed by atoms with Crippen molar-refractivity contribution in [2.24, 2.45) is 0 Å². The summed E-state index contributed by atoms with van der Waals surface area (Å²) >= 11 is 0. The molecule has 0 radical (unpaired) electrons. The van der Waals surface area contributed by atoms with E-state index in [1.807, 2.05) is 72.8 Å². The van der Waals surface area contributed by atoms with E-state index in [1.165, 1.54) is 61.9 Å². The molecule has 10 aromatic rings. The fourth-order valence-corrected chi connectivity index (χ4v) is 10.6. The number of benzene rings is 10. The van der Waals surface area contributed by atoms with Crippen molar-refractivity contribution in [3.05, 3.63) is 232 Å². The van der Waals surface area contributed by atoms with Gasteiger partial charge < -0.3 is 104 Å². The Labute approximate surface area is 588 Å². The average Bonchev–Trinajstić information content (AvgIpc) is 0.853. The lowest BCUT2D eigenvalue weighted by Gasteiger charge is -2.14. The van der Waals surface area contributed by atoms with Crippen LogP contribution in [0.25, 0.3) is 0 Å². The molecule has 0 spiro atoms. The predicted octanol–water partition coefficient (Wildman–Crippen LogP) is 14.2. The van der Waals surface area contributed by atoms with Gasteiger partial charge in [0.1, 0.15) is 28.7 Å². The minimum atomic E-state index is -0.247. The van der Waals surface area contributed by atoms with Crippen molar-refractivity contribution < 1.29 is 104 Å². The molecule has 0 saturated carbocycles. The van der Waals surface area contributed by atoms with Gasteiger partial charge in [0, 0.05) is 6.07 Å². The molecular formula is C80H90O21. The average molecular weight is 1390 g/mol. The maximum atomic E-state index is 9.90. The number of aryl methyl sites for hydroxylation is 10. The first-order valence-corrected chi connectivity index (χ1v) is 31.9. The fraction of sp³-hybridized carbons (Fsp3) is 0.250. The molecule has 0 aromatic heterocycles. The zero-order valence-electron chi connectivity index (χ0n) is 58.3. The summed E-state index contributed by atoms with van der Waals surface area (Å²) in [6.45, 7) is 0. The lowest BCUT2D eigenvalue weighted by atomic mass is 10.0. The molecule has 11 N–H and O–H groups in total. The molecule has 0 saturated heterocycles. The van der Waals surface area contributed by atoms with E-state index in [9.17, 15) is 51.1 Å². The van der Waals surface area contributed by atoms with E-state index in [0.717, 1.165) is 113 Å². The Hall–Kier alpha value is -12.0. The van der Waals surface area contributed by atoms with Gasteiger partial charge in [0.25, 0.3) is 0 Å². The summed E-state index contributed by atoms with van der Waals surface area (Å²) < 4.78 is 51.9. The Bertz CT molecular complexity index is 4180. The lowest BCUT2D eigenvalue weighted by molar-refractivity contribution is 0.324. The molecule has 0 bridgehead atoms. The van der Waals surface area contributed by atoms with Crippen LogP contribution in [0.2, 0.25) is 0 Å². The molecule has 21 nitrogen and oxygen atoms in total. The number of hydrogen-bond acceptors (Lipinski definition) is 21. The number of rotatable bonds is 25. The first kappa shape index (κ1) is 78.0. The SMILES string of the molecule is COc1cc(CCc2cc(OC)c(O)c(OC)c2)ccc1O.COc1cc(CCc2cc(OC)c(OC)c(OC)c2)ccc1O.COc1cc(CCc2cccc(O)c2)cc(O)c1O.COc1cc(CCc2cccc(O)c2)cc(O)c1OC.Oc1ccc(CCc2cc(O)cc(O)c2)cc1. The highest BCUT2D eigenvalue weighted by Gasteiger charge is 2.17. The normalized spacial score (nSPS) is 10.3. The molecule has 21 heteroatoms. The van der Waals surface area contributed by atoms with Crippen molar-refractivity contribution in [1.29, 1.82) is 0 Å². The van der Waals surface area contributed by atoms with Gasteiger partial charge >= 0.3 is 0 Å². The summed E-state index contributed by atoms with van der Waals surface area (Å²) in [7, 11) is 15.3. The molecule has 0 amide bonds. The molecule has 10 aromatic carbocycles. The second-order valence-corrected chi connectivity index (χ2v) is 22.8. The summed E-state index contributed by atoms with van der Waals surface area (Å²) in [6, 6.07) is 50.6. The van der Waals surface area contributed by atoms with Crippen molar-refractivity contribution in [3.8, 4) is 121 Å². The molecule has 0 atom stereocenters. The quantitative estimate of drug-likeness (QED) is 0.0237. The molecule has 0 unspecified atom stereocenters. The number of phenolic OH excluding ortho intramolecular Hbond substituents is 11. The predicted molar refractivity (Wildman–Crippen MR) is 385 cm³/mol.